The van der Waals surface area contributed by atoms with Gasteiger partial charge < -0.3 is 14.7 Å². The van der Waals surface area contributed by atoms with Gasteiger partial charge in [0, 0.05) is 57.1 Å². The summed E-state index contributed by atoms with van der Waals surface area (Å²) in [6.45, 7) is 2.41. The van der Waals surface area contributed by atoms with Crippen LogP contribution >= 0.6 is 0 Å². The zero-order valence-corrected chi connectivity index (χ0v) is 16.2. The summed E-state index contributed by atoms with van der Waals surface area (Å²) in [6, 6.07) is 7.70. The molecule has 146 valence electrons. The summed E-state index contributed by atoms with van der Waals surface area (Å²) >= 11 is 0. The van der Waals surface area contributed by atoms with Crippen molar-refractivity contribution < 1.29 is 9.59 Å². The number of amides is 2. The molecule has 0 radical (unpaired) electrons. The fraction of sp³-hybridized carbons (Fsp3) is 0.524. The second-order valence-corrected chi connectivity index (χ2v) is 7.74. The number of pyridine rings is 1. The van der Waals surface area contributed by atoms with Crippen molar-refractivity contribution in [3.8, 4) is 6.07 Å². The van der Waals surface area contributed by atoms with Crippen LogP contribution in [0, 0.1) is 17.2 Å². The standard InChI is InChI=1S/C21H25N5O2/c1-24-18-8-3-2-6-15(18)19(16(14-22)20(24)27)25-10-12-26(13-11-25)21(28)17-7-4-5-9-23-17/h4-5,7,9,15,18H,2-3,6,8,10-13H2,1H3. The van der Waals surface area contributed by atoms with E-state index in [4.69, 9.17) is 0 Å². The molecule has 4 rings (SSSR count). The first-order chi connectivity index (χ1) is 13.6. The molecule has 2 atom stereocenters. The van der Waals surface area contributed by atoms with Crippen LogP contribution in [0.15, 0.2) is 35.7 Å². The van der Waals surface area contributed by atoms with E-state index in [0.29, 0.717) is 31.9 Å². The molecule has 2 fully saturated rings. The average Bonchev–Trinajstić information content (AvgIpc) is 2.76. The first kappa shape index (κ1) is 18.5. The van der Waals surface area contributed by atoms with Crippen molar-refractivity contribution in [3.05, 3.63) is 41.4 Å². The normalized spacial score (nSPS) is 25.4. The van der Waals surface area contributed by atoms with Crippen molar-refractivity contribution in [1.29, 1.82) is 5.26 Å². The van der Waals surface area contributed by atoms with E-state index in [1.54, 1.807) is 28.1 Å². The summed E-state index contributed by atoms with van der Waals surface area (Å²) in [5.74, 6) is 0.00140. The second kappa shape index (κ2) is 7.63. The van der Waals surface area contributed by atoms with Gasteiger partial charge in [-0.3, -0.25) is 14.6 Å². The van der Waals surface area contributed by atoms with Crippen molar-refractivity contribution in [1.82, 2.24) is 19.7 Å². The first-order valence-electron chi connectivity index (χ1n) is 9.98. The number of carbonyl (C=O) groups is 2. The number of likely N-dealkylation sites (N-methyl/N-ethyl adjacent to an activating group) is 1. The van der Waals surface area contributed by atoms with E-state index in [1.807, 2.05) is 13.1 Å². The maximum absolute atomic E-state index is 12.8. The molecule has 1 aromatic heterocycles. The molecule has 7 nitrogen and oxygen atoms in total. The Hall–Kier alpha value is -2.88. The summed E-state index contributed by atoms with van der Waals surface area (Å²) in [5.41, 5.74) is 1.66. The van der Waals surface area contributed by atoms with Gasteiger partial charge in [-0.15, -0.1) is 0 Å². The quantitative estimate of drug-likeness (QED) is 0.780. The third-order valence-corrected chi connectivity index (χ3v) is 6.27. The highest BCUT2D eigenvalue weighted by Crippen LogP contribution is 2.40. The number of nitrogens with zero attached hydrogens (tertiary/aromatic N) is 5. The van der Waals surface area contributed by atoms with Gasteiger partial charge in [0.05, 0.1) is 0 Å². The molecule has 1 aliphatic carbocycles. The molecular formula is C21H25N5O2. The smallest absolute Gasteiger partial charge is 0.272 e. The number of rotatable bonds is 2. The van der Waals surface area contributed by atoms with E-state index in [1.165, 1.54) is 0 Å². The molecule has 3 heterocycles. The Morgan fingerprint density at radius 1 is 1.18 bits per heavy atom. The van der Waals surface area contributed by atoms with Crippen LogP contribution in [0.25, 0.3) is 0 Å². The summed E-state index contributed by atoms with van der Waals surface area (Å²) in [6.07, 6.45) is 5.88. The lowest BCUT2D eigenvalue weighted by Gasteiger charge is -2.48. The monoisotopic (exact) mass is 379 g/mol. The van der Waals surface area contributed by atoms with E-state index in [-0.39, 0.29) is 29.3 Å². The van der Waals surface area contributed by atoms with Gasteiger partial charge >= 0.3 is 0 Å². The summed E-state index contributed by atoms with van der Waals surface area (Å²) in [7, 11) is 1.82. The number of fused-ring (bicyclic) bond motifs is 1. The topological polar surface area (TPSA) is 80.5 Å². The van der Waals surface area contributed by atoms with E-state index in [2.05, 4.69) is 16.0 Å². The molecule has 2 unspecified atom stereocenters. The number of nitriles is 1. The van der Waals surface area contributed by atoms with Crippen molar-refractivity contribution in [2.24, 2.45) is 5.92 Å². The maximum Gasteiger partial charge on any atom is 0.272 e. The van der Waals surface area contributed by atoms with Crippen LogP contribution in [0.1, 0.15) is 36.2 Å². The Kier molecular flexibility index (Phi) is 5.03. The molecule has 7 heteroatoms. The van der Waals surface area contributed by atoms with Gasteiger partial charge in [-0.1, -0.05) is 18.9 Å². The van der Waals surface area contributed by atoms with Crippen LogP contribution in [0.4, 0.5) is 0 Å². The highest BCUT2D eigenvalue weighted by Gasteiger charge is 2.43. The highest BCUT2D eigenvalue weighted by molar-refractivity contribution is 5.99. The van der Waals surface area contributed by atoms with E-state index in [0.717, 1.165) is 31.4 Å². The molecule has 1 saturated carbocycles. The Balaban J connectivity index is 1.54. The summed E-state index contributed by atoms with van der Waals surface area (Å²) in [4.78, 5) is 35.3. The molecule has 3 aliphatic rings. The molecule has 1 aromatic rings. The molecule has 1 saturated heterocycles. The molecule has 2 amide bonds. The zero-order valence-electron chi connectivity index (χ0n) is 16.2. The Labute approximate surface area is 165 Å². The van der Waals surface area contributed by atoms with Crippen molar-refractivity contribution in [3.63, 3.8) is 0 Å². The van der Waals surface area contributed by atoms with Crippen LogP contribution in [0.5, 0.6) is 0 Å². The highest BCUT2D eigenvalue weighted by atomic mass is 16.2. The fourth-order valence-corrected chi connectivity index (χ4v) is 4.82. The van der Waals surface area contributed by atoms with Gasteiger partial charge in [-0.05, 0) is 25.0 Å². The third kappa shape index (κ3) is 3.13. The van der Waals surface area contributed by atoms with Crippen molar-refractivity contribution in [2.45, 2.75) is 31.7 Å². The Bertz CT molecular complexity index is 836. The summed E-state index contributed by atoms with van der Waals surface area (Å²) in [5, 5.41) is 9.70. The molecule has 2 aliphatic heterocycles. The van der Waals surface area contributed by atoms with E-state index >= 15 is 0 Å². The average molecular weight is 379 g/mol. The SMILES string of the molecule is CN1C(=O)C(C#N)=C(N2CCN(C(=O)c3ccccn3)CC2)C2CCCCC21. The minimum Gasteiger partial charge on any atom is -0.370 e. The first-order valence-corrected chi connectivity index (χ1v) is 9.98. The van der Waals surface area contributed by atoms with Crippen LogP contribution in [0.3, 0.4) is 0 Å². The minimum atomic E-state index is -0.160. The second-order valence-electron chi connectivity index (χ2n) is 7.74. The molecule has 0 spiro atoms. The minimum absolute atomic E-state index is 0.0651. The predicted octanol–water partition coefficient (Wildman–Crippen LogP) is 1.65. The molecule has 28 heavy (non-hydrogen) atoms. The number of hydrogen-bond acceptors (Lipinski definition) is 5. The van der Waals surface area contributed by atoms with Gasteiger partial charge in [0.1, 0.15) is 17.3 Å². The lowest BCUT2D eigenvalue weighted by atomic mass is 9.77. The van der Waals surface area contributed by atoms with Crippen LogP contribution in [-0.4, -0.2) is 70.8 Å². The predicted molar refractivity (Wildman–Crippen MR) is 103 cm³/mol. The lowest BCUT2D eigenvalue weighted by Crippen LogP contribution is -2.55. The van der Waals surface area contributed by atoms with Gasteiger partial charge in [0.25, 0.3) is 11.8 Å². The van der Waals surface area contributed by atoms with Crippen LogP contribution in [-0.2, 0) is 4.79 Å². The molecule has 0 N–H and O–H groups in total. The lowest BCUT2D eigenvalue weighted by molar-refractivity contribution is -0.130. The van der Waals surface area contributed by atoms with Gasteiger partial charge in [0.15, 0.2) is 0 Å². The molecule has 0 aromatic carbocycles. The van der Waals surface area contributed by atoms with Gasteiger partial charge in [-0.2, -0.15) is 5.26 Å². The van der Waals surface area contributed by atoms with E-state index < -0.39 is 0 Å². The Morgan fingerprint density at radius 3 is 2.61 bits per heavy atom. The molecular weight excluding hydrogens is 354 g/mol. The fourth-order valence-electron chi connectivity index (χ4n) is 4.82. The van der Waals surface area contributed by atoms with Crippen molar-refractivity contribution >= 4 is 11.8 Å². The van der Waals surface area contributed by atoms with Crippen LogP contribution in [0.2, 0.25) is 0 Å². The van der Waals surface area contributed by atoms with E-state index in [9.17, 15) is 14.9 Å². The van der Waals surface area contributed by atoms with Gasteiger partial charge in [-0.25, -0.2) is 0 Å². The maximum atomic E-state index is 12.8. The molecule has 0 bridgehead atoms. The van der Waals surface area contributed by atoms with Crippen molar-refractivity contribution in [2.75, 3.05) is 33.2 Å². The summed E-state index contributed by atoms with van der Waals surface area (Å²) < 4.78 is 0. The largest absolute Gasteiger partial charge is 0.370 e. The van der Waals surface area contributed by atoms with Gasteiger partial charge in [0.2, 0.25) is 0 Å². The number of aromatic nitrogens is 1. The zero-order chi connectivity index (χ0) is 19.7. The number of hydrogen-bond donors (Lipinski definition) is 0. The number of piperazine rings is 1. The van der Waals surface area contributed by atoms with Crippen LogP contribution < -0.4 is 0 Å². The third-order valence-electron chi connectivity index (χ3n) is 6.27. The number of carbonyl (C=O) groups excluding carboxylic acids is 2. The Morgan fingerprint density at radius 2 is 1.93 bits per heavy atom.